The summed E-state index contributed by atoms with van der Waals surface area (Å²) in [5, 5.41) is 2.57. The van der Waals surface area contributed by atoms with Gasteiger partial charge in [-0.3, -0.25) is 9.59 Å². The number of benzene rings is 1. The van der Waals surface area contributed by atoms with Crippen LogP contribution in [0.2, 0.25) is 0 Å². The number of sulfonamides is 1. The highest BCUT2D eigenvalue weighted by atomic mass is 32.2. The van der Waals surface area contributed by atoms with Gasteiger partial charge in [-0.05, 0) is 69.2 Å². The molecule has 1 unspecified atom stereocenters. The number of hydrogen-bond donors (Lipinski definition) is 1. The predicted octanol–water partition coefficient (Wildman–Crippen LogP) is 1.17. The summed E-state index contributed by atoms with van der Waals surface area (Å²) in [6, 6.07) is 1.53. The fourth-order valence-electron chi connectivity index (χ4n) is 4.46. The highest BCUT2D eigenvalue weighted by molar-refractivity contribution is 7.91. The molecule has 0 bridgehead atoms. The molecule has 3 rings (SSSR count). The van der Waals surface area contributed by atoms with Crippen molar-refractivity contribution in [3.05, 3.63) is 28.3 Å². The molecule has 0 saturated carbocycles. The normalized spacial score (nSPS) is 21.6. The number of amides is 1. The number of esters is 1. The van der Waals surface area contributed by atoms with Gasteiger partial charge in [-0.15, -0.1) is 0 Å². The molecule has 2 aliphatic heterocycles. The summed E-state index contributed by atoms with van der Waals surface area (Å²) >= 11 is 0. The molecule has 2 fully saturated rings. The molecular formula is C22H32N2O7S2. The first kappa shape index (κ1) is 25.6. The van der Waals surface area contributed by atoms with Gasteiger partial charge >= 0.3 is 5.97 Å². The number of nitrogens with zero attached hydrogens (tertiary/aromatic N) is 1. The zero-order chi connectivity index (χ0) is 24.6. The van der Waals surface area contributed by atoms with Crippen LogP contribution in [0.1, 0.15) is 41.5 Å². The molecule has 1 atom stereocenters. The number of sulfone groups is 1. The van der Waals surface area contributed by atoms with Gasteiger partial charge in [-0.1, -0.05) is 6.07 Å². The van der Waals surface area contributed by atoms with Crippen LogP contribution < -0.4 is 5.32 Å². The maximum atomic E-state index is 13.3. The third-order valence-electron chi connectivity index (χ3n) is 6.63. The lowest BCUT2D eigenvalue weighted by molar-refractivity contribution is -0.153. The molecule has 1 aromatic carbocycles. The summed E-state index contributed by atoms with van der Waals surface area (Å²) in [7, 11) is -6.81. The number of hydrogen-bond acceptors (Lipinski definition) is 7. The second-order valence-corrected chi connectivity index (χ2v) is 13.1. The molecule has 0 radical (unpaired) electrons. The minimum absolute atomic E-state index is 0.0420. The average Bonchev–Trinajstić information content (AvgIpc) is 3.08. The van der Waals surface area contributed by atoms with E-state index >= 15 is 0 Å². The largest absolute Gasteiger partial charge is 0.455 e. The van der Waals surface area contributed by atoms with Gasteiger partial charge in [0.1, 0.15) is 0 Å². The topological polar surface area (TPSA) is 127 Å². The first-order valence-corrected chi connectivity index (χ1v) is 14.3. The predicted molar refractivity (Wildman–Crippen MR) is 123 cm³/mol. The maximum absolute atomic E-state index is 13.3. The fourth-order valence-corrected chi connectivity index (χ4v) is 8.18. The van der Waals surface area contributed by atoms with Gasteiger partial charge in [0.2, 0.25) is 10.0 Å². The van der Waals surface area contributed by atoms with E-state index in [1.165, 1.54) is 4.31 Å². The van der Waals surface area contributed by atoms with Crippen LogP contribution in [0.25, 0.3) is 0 Å². The number of rotatable bonds is 6. The molecule has 184 valence electrons. The number of nitrogens with one attached hydrogen (secondary N) is 1. The molecular weight excluding hydrogens is 468 g/mol. The third-order valence-corrected chi connectivity index (χ3v) is 10.6. The summed E-state index contributed by atoms with van der Waals surface area (Å²) in [4.78, 5) is 24.7. The van der Waals surface area contributed by atoms with Gasteiger partial charge in [0.25, 0.3) is 5.91 Å². The first-order chi connectivity index (χ1) is 15.3. The molecule has 9 nitrogen and oxygen atoms in total. The standard InChI is InChI=1S/C22H32N2O7S2/c1-14-11-15(2)17(4)21(16(14)3)33(29,30)24-8-5-18(6-9-24)22(26)31-12-20(25)23-19-7-10-32(27,28)13-19/h11,18-19H,5-10,12-13H2,1-4H3,(H,23,25). The molecule has 11 heteroatoms. The summed E-state index contributed by atoms with van der Waals surface area (Å²) < 4.78 is 56.2. The van der Waals surface area contributed by atoms with E-state index in [9.17, 15) is 26.4 Å². The lowest BCUT2D eigenvalue weighted by Crippen LogP contribution is -2.42. The second-order valence-electron chi connectivity index (χ2n) is 9.04. The van der Waals surface area contributed by atoms with E-state index < -0.39 is 50.3 Å². The quantitative estimate of drug-likeness (QED) is 0.581. The zero-order valence-electron chi connectivity index (χ0n) is 19.5. The van der Waals surface area contributed by atoms with Crippen LogP contribution >= 0.6 is 0 Å². The van der Waals surface area contributed by atoms with Crippen molar-refractivity contribution in [1.29, 1.82) is 0 Å². The number of carbonyl (C=O) groups is 2. The Balaban J connectivity index is 1.54. The molecule has 2 aliphatic rings. The Morgan fingerprint density at radius 2 is 1.64 bits per heavy atom. The van der Waals surface area contributed by atoms with Crippen molar-refractivity contribution in [2.45, 2.75) is 57.9 Å². The molecule has 2 heterocycles. The lowest BCUT2D eigenvalue weighted by atomic mass is 9.98. The van der Waals surface area contributed by atoms with E-state index in [1.807, 2.05) is 33.8 Å². The van der Waals surface area contributed by atoms with Gasteiger partial charge in [0.15, 0.2) is 16.4 Å². The van der Waals surface area contributed by atoms with Crippen LogP contribution in [0.15, 0.2) is 11.0 Å². The van der Waals surface area contributed by atoms with E-state index in [1.54, 1.807) is 0 Å². The zero-order valence-corrected chi connectivity index (χ0v) is 21.1. The van der Waals surface area contributed by atoms with E-state index in [4.69, 9.17) is 4.74 Å². The summed E-state index contributed by atoms with van der Waals surface area (Å²) in [5.74, 6) is -1.62. The highest BCUT2D eigenvalue weighted by Crippen LogP contribution is 2.31. The van der Waals surface area contributed by atoms with E-state index in [-0.39, 0.29) is 24.6 Å². The van der Waals surface area contributed by atoms with Crippen molar-refractivity contribution >= 4 is 31.7 Å². The van der Waals surface area contributed by atoms with Crippen molar-refractivity contribution in [1.82, 2.24) is 9.62 Å². The smallest absolute Gasteiger partial charge is 0.309 e. The average molecular weight is 501 g/mol. The first-order valence-electron chi connectivity index (χ1n) is 11.1. The summed E-state index contributed by atoms with van der Waals surface area (Å²) in [5.41, 5.74) is 3.31. The van der Waals surface area contributed by atoms with E-state index in [0.717, 1.165) is 22.3 Å². The molecule has 2 saturated heterocycles. The van der Waals surface area contributed by atoms with Crippen molar-refractivity contribution < 1.29 is 31.2 Å². The number of aryl methyl sites for hydroxylation is 2. The SMILES string of the molecule is Cc1cc(C)c(C)c(S(=O)(=O)N2CCC(C(=O)OCC(=O)NC3CCS(=O)(=O)C3)CC2)c1C. The molecule has 1 aromatic rings. The van der Waals surface area contributed by atoms with Gasteiger partial charge in [0, 0.05) is 19.1 Å². The van der Waals surface area contributed by atoms with E-state index in [0.29, 0.717) is 24.2 Å². The number of piperidine rings is 1. The van der Waals surface area contributed by atoms with Crippen LogP contribution in [-0.4, -0.2) is 70.3 Å². The Morgan fingerprint density at radius 3 is 2.15 bits per heavy atom. The summed E-state index contributed by atoms with van der Waals surface area (Å²) in [6.07, 6.45) is 0.973. The van der Waals surface area contributed by atoms with Gasteiger partial charge in [-0.2, -0.15) is 4.31 Å². The third kappa shape index (κ3) is 5.75. The van der Waals surface area contributed by atoms with Crippen molar-refractivity contribution in [2.24, 2.45) is 5.92 Å². The van der Waals surface area contributed by atoms with Crippen molar-refractivity contribution in [3.63, 3.8) is 0 Å². The Labute approximate surface area is 195 Å². The number of ether oxygens (including phenoxy) is 1. The molecule has 33 heavy (non-hydrogen) atoms. The molecule has 1 N–H and O–H groups in total. The molecule has 1 amide bonds. The lowest BCUT2D eigenvalue weighted by Gasteiger charge is -2.31. The monoisotopic (exact) mass is 500 g/mol. The Kier molecular flexibility index (Phi) is 7.55. The van der Waals surface area contributed by atoms with Gasteiger partial charge in [-0.25, -0.2) is 16.8 Å². The van der Waals surface area contributed by atoms with Crippen LogP contribution in [0.4, 0.5) is 0 Å². The maximum Gasteiger partial charge on any atom is 0.309 e. The van der Waals surface area contributed by atoms with E-state index in [2.05, 4.69) is 5.32 Å². The minimum Gasteiger partial charge on any atom is -0.455 e. The van der Waals surface area contributed by atoms with Gasteiger partial charge < -0.3 is 10.1 Å². The van der Waals surface area contributed by atoms with Crippen molar-refractivity contribution in [2.75, 3.05) is 31.2 Å². The molecule has 0 aromatic heterocycles. The number of carbonyl (C=O) groups excluding carboxylic acids is 2. The molecule has 0 aliphatic carbocycles. The highest BCUT2D eigenvalue weighted by Gasteiger charge is 2.35. The van der Waals surface area contributed by atoms with Crippen LogP contribution in [0.3, 0.4) is 0 Å². The Morgan fingerprint density at radius 1 is 1.06 bits per heavy atom. The van der Waals surface area contributed by atoms with Crippen molar-refractivity contribution in [3.8, 4) is 0 Å². The summed E-state index contributed by atoms with van der Waals surface area (Å²) in [6.45, 7) is 7.32. The minimum atomic E-state index is -3.70. The van der Waals surface area contributed by atoms with Crippen LogP contribution in [0, 0.1) is 33.6 Å². The fraction of sp³-hybridized carbons (Fsp3) is 0.636. The Hall–Kier alpha value is -1.98. The van der Waals surface area contributed by atoms with Gasteiger partial charge in [0.05, 0.1) is 22.3 Å². The van der Waals surface area contributed by atoms with Crippen LogP contribution in [-0.2, 0) is 34.2 Å². The second kappa shape index (κ2) is 9.71. The Bertz CT molecular complexity index is 1130. The molecule has 0 spiro atoms. The van der Waals surface area contributed by atoms with Crippen LogP contribution in [0.5, 0.6) is 0 Å².